The molecule has 0 aromatic heterocycles. The van der Waals surface area contributed by atoms with E-state index in [4.69, 9.17) is 4.74 Å². The average molecular weight is 373 g/mol. The first kappa shape index (κ1) is 19.5. The average Bonchev–Trinajstić information content (AvgIpc) is 2.98. The molecule has 0 radical (unpaired) electrons. The van der Waals surface area contributed by atoms with Gasteiger partial charge in [-0.15, -0.1) is 0 Å². The summed E-state index contributed by atoms with van der Waals surface area (Å²) in [5, 5.41) is 3.02. The van der Waals surface area contributed by atoms with Gasteiger partial charge in [0.05, 0.1) is 0 Å². The summed E-state index contributed by atoms with van der Waals surface area (Å²) < 4.78 is 5.37. The van der Waals surface area contributed by atoms with Crippen LogP contribution < -0.4 is 5.32 Å². The maximum Gasteiger partial charge on any atom is 0.410 e. The number of amides is 3. The smallest absolute Gasteiger partial charge is 0.410 e. The lowest BCUT2D eigenvalue weighted by molar-refractivity contribution is -0.00241. The van der Waals surface area contributed by atoms with E-state index < -0.39 is 5.60 Å². The van der Waals surface area contributed by atoms with Crippen LogP contribution in [0.25, 0.3) is 0 Å². The highest BCUT2D eigenvalue weighted by molar-refractivity contribution is 5.75. The summed E-state index contributed by atoms with van der Waals surface area (Å²) in [5.74, 6) is 0.557. The van der Waals surface area contributed by atoms with E-state index in [0.717, 1.165) is 32.4 Å². The third-order valence-electron chi connectivity index (χ3n) is 5.05. The number of rotatable bonds is 5. The van der Waals surface area contributed by atoms with E-state index in [1.165, 1.54) is 11.1 Å². The summed E-state index contributed by atoms with van der Waals surface area (Å²) in [6.45, 7) is 9.33. The van der Waals surface area contributed by atoms with Crippen LogP contribution in [0.2, 0.25) is 0 Å². The molecule has 1 N–H and O–H groups in total. The Labute approximate surface area is 161 Å². The fourth-order valence-corrected chi connectivity index (χ4v) is 3.57. The van der Waals surface area contributed by atoms with E-state index >= 15 is 0 Å². The summed E-state index contributed by atoms with van der Waals surface area (Å²) >= 11 is 0. The highest BCUT2D eigenvalue weighted by Crippen LogP contribution is 2.24. The van der Waals surface area contributed by atoms with Gasteiger partial charge in [0.25, 0.3) is 0 Å². The summed E-state index contributed by atoms with van der Waals surface area (Å²) in [4.78, 5) is 27.8. The number of fused-ring (bicyclic) bond motifs is 1. The van der Waals surface area contributed by atoms with Gasteiger partial charge in [0.1, 0.15) is 5.60 Å². The van der Waals surface area contributed by atoms with Gasteiger partial charge < -0.3 is 19.9 Å². The van der Waals surface area contributed by atoms with Crippen LogP contribution in [0.15, 0.2) is 24.3 Å². The summed E-state index contributed by atoms with van der Waals surface area (Å²) in [6.07, 6.45) is 2.91. The van der Waals surface area contributed by atoms with E-state index in [-0.39, 0.29) is 12.1 Å². The minimum atomic E-state index is -0.433. The first-order chi connectivity index (χ1) is 12.8. The number of nitrogens with zero attached hydrogens (tertiary/aromatic N) is 2. The molecule has 0 atom stereocenters. The lowest BCUT2D eigenvalue weighted by Gasteiger charge is -2.39. The number of ether oxygens (including phenoxy) is 1. The van der Waals surface area contributed by atoms with E-state index in [0.29, 0.717) is 25.6 Å². The quantitative estimate of drug-likeness (QED) is 0.800. The van der Waals surface area contributed by atoms with Crippen LogP contribution >= 0.6 is 0 Å². The van der Waals surface area contributed by atoms with E-state index in [1.54, 1.807) is 4.90 Å². The molecule has 0 spiro atoms. The second-order valence-electron chi connectivity index (χ2n) is 8.60. The zero-order chi connectivity index (χ0) is 19.4. The van der Waals surface area contributed by atoms with Gasteiger partial charge in [-0.3, -0.25) is 0 Å². The molecule has 6 nitrogen and oxygen atoms in total. The lowest BCUT2D eigenvalue weighted by Crippen LogP contribution is -2.51. The maximum absolute atomic E-state index is 12.3. The molecule has 1 saturated heterocycles. The Morgan fingerprint density at radius 1 is 1.07 bits per heavy atom. The van der Waals surface area contributed by atoms with Crippen molar-refractivity contribution in [3.63, 3.8) is 0 Å². The van der Waals surface area contributed by atoms with Crippen LogP contribution in [0.3, 0.4) is 0 Å². The fourth-order valence-electron chi connectivity index (χ4n) is 3.57. The van der Waals surface area contributed by atoms with Gasteiger partial charge in [0, 0.05) is 32.7 Å². The zero-order valence-corrected chi connectivity index (χ0v) is 16.7. The van der Waals surface area contributed by atoms with Gasteiger partial charge in [0.2, 0.25) is 0 Å². The molecule has 2 heterocycles. The van der Waals surface area contributed by atoms with Crippen molar-refractivity contribution in [3.8, 4) is 0 Å². The number of likely N-dealkylation sites (tertiary alicyclic amines) is 1. The molecule has 0 unspecified atom stereocenters. The van der Waals surface area contributed by atoms with Crippen LogP contribution in [0.1, 0.15) is 51.2 Å². The third-order valence-corrected chi connectivity index (χ3v) is 5.05. The second-order valence-corrected chi connectivity index (χ2v) is 8.60. The summed E-state index contributed by atoms with van der Waals surface area (Å²) in [6, 6.07) is 8.23. The molecule has 2 aliphatic heterocycles. The fraction of sp³-hybridized carbons (Fsp3) is 0.619. The Balaban J connectivity index is 1.24. The number of hydrogen-bond acceptors (Lipinski definition) is 3. The predicted molar refractivity (Wildman–Crippen MR) is 104 cm³/mol. The monoisotopic (exact) mass is 373 g/mol. The molecule has 6 heteroatoms. The standard InChI is InChI=1S/C21H31N3O3/c1-21(2,3)27-20(26)24-12-16(13-24)8-6-7-11-22-19(25)23-14-17-9-4-5-10-18(17)15-23/h4-5,9-10,16H,6-8,11-15H2,1-3H3,(H,22,25). The number of benzene rings is 1. The largest absolute Gasteiger partial charge is 0.444 e. The van der Waals surface area contributed by atoms with Crippen molar-refractivity contribution in [3.05, 3.63) is 35.4 Å². The Kier molecular flexibility index (Phi) is 5.92. The molecule has 0 aliphatic carbocycles. The molecule has 0 saturated carbocycles. The normalized spacial score (nSPS) is 16.7. The van der Waals surface area contributed by atoms with Gasteiger partial charge in [-0.1, -0.05) is 30.7 Å². The maximum atomic E-state index is 12.3. The van der Waals surface area contributed by atoms with Gasteiger partial charge >= 0.3 is 12.1 Å². The molecule has 2 aliphatic rings. The molecule has 1 fully saturated rings. The molecular weight excluding hydrogens is 342 g/mol. The van der Waals surface area contributed by atoms with E-state index in [9.17, 15) is 9.59 Å². The second kappa shape index (κ2) is 8.19. The molecule has 0 bridgehead atoms. The number of urea groups is 1. The van der Waals surface area contributed by atoms with Crippen molar-refractivity contribution in [1.82, 2.24) is 15.1 Å². The highest BCUT2D eigenvalue weighted by atomic mass is 16.6. The van der Waals surface area contributed by atoms with Crippen LogP contribution in [-0.4, -0.2) is 47.2 Å². The Hall–Kier alpha value is -2.24. The predicted octanol–water partition coefficient (Wildman–Crippen LogP) is 3.75. The van der Waals surface area contributed by atoms with Crippen LogP contribution in [0.4, 0.5) is 9.59 Å². The highest BCUT2D eigenvalue weighted by Gasteiger charge is 2.33. The van der Waals surface area contributed by atoms with Crippen molar-refractivity contribution in [1.29, 1.82) is 0 Å². The Morgan fingerprint density at radius 2 is 1.70 bits per heavy atom. The number of unbranched alkanes of at least 4 members (excludes halogenated alkanes) is 1. The minimum absolute atomic E-state index is 0.0194. The number of carbonyl (C=O) groups is 2. The molecule has 1 aromatic rings. The van der Waals surface area contributed by atoms with Gasteiger partial charge in [-0.2, -0.15) is 0 Å². The van der Waals surface area contributed by atoms with Crippen LogP contribution in [-0.2, 0) is 17.8 Å². The number of carbonyl (C=O) groups excluding carboxylic acids is 2. The minimum Gasteiger partial charge on any atom is -0.444 e. The number of hydrogen-bond donors (Lipinski definition) is 1. The molecule has 3 amide bonds. The van der Waals surface area contributed by atoms with E-state index in [1.807, 2.05) is 37.8 Å². The SMILES string of the molecule is CC(C)(C)OC(=O)N1CC(CCCCNC(=O)N2Cc3ccccc3C2)C1. The van der Waals surface area contributed by atoms with Crippen molar-refractivity contribution < 1.29 is 14.3 Å². The van der Waals surface area contributed by atoms with Crippen molar-refractivity contribution in [2.75, 3.05) is 19.6 Å². The lowest BCUT2D eigenvalue weighted by atomic mass is 9.94. The van der Waals surface area contributed by atoms with Crippen molar-refractivity contribution in [2.24, 2.45) is 5.92 Å². The van der Waals surface area contributed by atoms with Gasteiger partial charge in [-0.25, -0.2) is 9.59 Å². The molecule has 3 rings (SSSR count). The summed E-state index contributed by atoms with van der Waals surface area (Å²) in [5.41, 5.74) is 2.05. The first-order valence-electron chi connectivity index (χ1n) is 9.89. The van der Waals surface area contributed by atoms with Gasteiger partial charge in [-0.05, 0) is 50.7 Å². The number of nitrogens with one attached hydrogen (secondary N) is 1. The van der Waals surface area contributed by atoms with Crippen molar-refractivity contribution >= 4 is 12.1 Å². The Bertz CT molecular complexity index is 652. The molecule has 27 heavy (non-hydrogen) atoms. The van der Waals surface area contributed by atoms with Crippen LogP contribution in [0, 0.1) is 5.92 Å². The van der Waals surface area contributed by atoms with Crippen LogP contribution in [0.5, 0.6) is 0 Å². The molecule has 1 aromatic carbocycles. The summed E-state index contributed by atoms with van der Waals surface area (Å²) in [7, 11) is 0. The van der Waals surface area contributed by atoms with Gasteiger partial charge in [0.15, 0.2) is 0 Å². The van der Waals surface area contributed by atoms with Crippen molar-refractivity contribution in [2.45, 2.75) is 58.7 Å². The topological polar surface area (TPSA) is 61.9 Å². The third kappa shape index (κ3) is 5.37. The molecular formula is C21H31N3O3. The first-order valence-corrected chi connectivity index (χ1v) is 9.89. The molecule has 148 valence electrons. The zero-order valence-electron chi connectivity index (χ0n) is 16.7. The van der Waals surface area contributed by atoms with E-state index in [2.05, 4.69) is 17.4 Å². The Morgan fingerprint density at radius 3 is 2.30 bits per heavy atom.